The molecule has 130 valence electrons. The smallest absolute Gasteiger partial charge is 0.173 e. The second-order valence-electron chi connectivity index (χ2n) is 6.42. The van der Waals surface area contributed by atoms with Crippen molar-refractivity contribution in [2.24, 2.45) is 10.2 Å². The van der Waals surface area contributed by atoms with Crippen molar-refractivity contribution >= 4 is 34.4 Å². The number of nitrogens with one attached hydrogen (secondary N) is 1. The van der Waals surface area contributed by atoms with Gasteiger partial charge in [0.05, 0.1) is 11.4 Å². The Balaban J connectivity index is 1.56. The standard InChI is InChI=1S/C20H24N4S/c1-24(19-10-6-3-7-11-19)20(25)21-16-12-14-18(15-13-16)23-22-17-8-4-2-5-9-17/h2,4-5,8-9,12-15,19H,3,6-7,10-11H2,1H3,(H,21,25)/b23-22+. The zero-order chi connectivity index (χ0) is 17.5. The molecule has 0 bridgehead atoms. The normalized spacial score (nSPS) is 15.2. The number of azo groups is 1. The molecule has 1 aliphatic rings. The van der Waals surface area contributed by atoms with Gasteiger partial charge in [0.15, 0.2) is 5.11 Å². The van der Waals surface area contributed by atoms with Crippen LogP contribution in [0.1, 0.15) is 32.1 Å². The maximum atomic E-state index is 5.56. The highest BCUT2D eigenvalue weighted by Gasteiger charge is 2.19. The summed E-state index contributed by atoms with van der Waals surface area (Å²) < 4.78 is 0. The van der Waals surface area contributed by atoms with E-state index in [1.165, 1.54) is 32.1 Å². The molecular weight excluding hydrogens is 328 g/mol. The van der Waals surface area contributed by atoms with E-state index in [1.54, 1.807) is 0 Å². The van der Waals surface area contributed by atoms with Gasteiger partial charge in [-0.05, 0) is 61.5 Å². The minimum Gasteiger partial charge on any atom is -0.349 e. The van der Waals surface area contributed by atoms with Gasteiger partial charge in [-0.2, -0.15) is 10.2 Å². The number of thiocarbonyl (C=S) groups is 1. The quantitative estimate of drug-likeness (QED) is 0.537. The fraction of sp³-hybridized carbons (Fsp3) is 0.350. The maximum Gasteiger partial charge on any atom is 0.173 e. The SMILES string of the molecule is CN(C(=S)Nc1ccc(/N=N/c2ccccc2)cc1)C1CCCCC1. The van der Waals surface area contributed by atoms with E-state index in [9.17, 15) is 0 Å². The van der Waals surface area contributed by atoms with Crippen molar-refractivity contribution in [1.29, 1.82) is 0 Å². The van der Waals surface area contributed by atoms with Crippen molar-refractivity contribution in [2.45, 2.75) is 38.1 Å². The first-order valence-electron chi connectivity index (χ1n) is 8.83. The predicted molar refractivity (Wildman–Crippen MR) is 108 cm³/mol. The molecule has 0 amide bonds. The number of hydrogen-bond acceptors (Lipinski definition) is 3. The molecule has 0 spiro atoms. The monoisotopic (exact) mass is 352 g/mol. The molecule has 0 atom stereocenters. The summed E-state index contributed by atoms with van der Waals surface area (Å²) in [5, 5.41) is 12.6. The number of hydrogen-bond donors (Lipinski definition) is 1. The molecule has 1 aliphatic carbocycles. The van der Waals surface area contributed by atoms with Crippen LogP contribution in [0.15, 0.2) is 64.8 Å². The molecule has 0 unspecified atom stereocenters. The van der Waals surface area contributed by atoms with Crippen LogP contribution in [0.2, 0.25) is 0 Å². The Morgan fingerprint density at radius 1 is 0.920 bits per heavy atom. The van der Waals surface area contributed by atoms with Crippen LogP contribution >= 0.6 is 12.2 Å². The average molecular weight is 353 g/mol. The fourth-order valence-corrected chi connectivity index (χ4v) is 3.33. The van der Waals surface area contributed by atoms with Crippen molar-refractivity contribution in [3.63, 3.8) is 0 Å². The largest absolute Gasteiger partial charge is 0.349 e. The minimum atomic E-state index is 0.563. The molecule has 1 N–H and O–H groups in total. The van der Waals surface area contributed by atoms with Crippen LogP contribution in [0.25, 0.3) is 0 Å². The van der Waals surface area contributed by atoms with E-state index < -0.39 is 0 Å². The van der Waals surface area contributed by atoms with Crippen LogP contribution in [0.5, 0.6) is 0 Å². The molecule has 1 saturated carbocycles. The highest BCUT2D eigenvalue weighted by molar-refractivity contribution is 7.80. The van der Waals surface area contributed by atoms with E-state index in [0.717, 1.165) is 22.2 Å². The molecule has 4 nitrogen and oxygen atoms in total. The first kappa shape index (κ1) is 17.5. The Morgan fingerprint density at radius 2 is 1.52 bits per heavy atom. The van der Waals surface area contributed by atoms with Crippen molar-refractivity contribution in [3.05, 3.63) is 54.6 Å². The summed E-state index contributed by atoms with van der Waals surface area (Å²) in [6, 6.07) is 18.1. The van der Waals surface area contributed by atoms with E-state index in [4.69, 9.17) is 12.2 Å². The minimum absolute atomic E-state index is 0.563. The first-order valence-corrected chi connectivity index (χ1v) is 9.24. The fourth-order valence-electron chi connectivity index (χ4n) is 3.07. The second-order valence-corrected chi connectivity index (χ2v) is 6.80. The molecule has 25 heavy (non-hydrogen) atoms. The average Bonchev–Trinajstić information content (AvgIpc) is 2.68. The highest BCUT2D eigenvalue weighted by atomic mass is 32.1. The van der Waals surface area contributed by atoms with Crippen molar-refractivity contribution in [3.8, 4) is 0 Å². The molecule has 1 fully saturated rings. The topological polar surface area (TPSA) is 40.0 Å². The summed E-state index contributed by atoms with van der Waals surface area (Å²) in [4.78, 5) is 2.21. The first-order chi connectivity index (χ1) is 12.2. The summed E-state index contributed by atoms with van der Waals surface area (Å²) >= 11 is 5.56. The number of rotatable bonds is 4. The maximum absolute atomic E-state index is 5.56. The molecule has 2 aromatic rings. The summed E-state index contributed by atoms with van der Waals surface area (Å²) in [5.41, 5.74) is 2.65. The molecule has 0 aliphatic heterocycles. The van der Waals surface area contributed by atoms with Gasteiger partial charge in [0, 0.05) is 18.8 Å². The third-order valence-corrected chi connectivity index (χ3v) is 4.99. The molecule has 0 heterocycles. The Kier molecular flexibility index (Phi) is 6.12. The summed E-state index contributed by atoms with van der Waals surface area (Å²) in [6.45, 7) is 0. The lowest BCUT2D eigenvalue weighted by Crippen LogP contribution is -2.40. The van der Waals surface area contributed by atoms with E-state index in [1.807, 2.05) is 54.6 Å². The Morgan fingerprint density at radius 3 is 2.16 bits per heavy atom. The Hall–Kier alpha value is -2.27. The van der Waals surface area contributed by atoms with Crippen LogP contribution in [0, 0.1) is 0 Å². The lowest BCUT2D eigenvalue weighted by Gasteiger charge is -2.33. The van der Waals surface area contributed by atoms with Crippen LogP contribution in [-0.2, 0) is 0 Å². The molecule has 0 aromatic heterocycles. The number of anilines is 1. The van der Waals surface area contributed by atoms with Gasteiger partial charge in [-0.15, -0.1) is 0 Å². The highest BCUT2D eigenvalue weighted by Crippen LogP contribution is 2.23. The molecule has 5 heteroatoms. The third kappa shape index (κ3) is 5.10. The zero-order valence-corrected chi connectivity index (χ0v) is 15.4. The molecule has 2 aromatic carbocycles. The van der Waals surface area contributed by atoms with Crippen LogP contribution < -0.4 is 5.32 Å². The summed E-state index contributed by atoms with van der Waals surface area (Å²) in [7, 11) is 2.09. The van der Waals surface area contributed by atoms with E-state index in [2.05, 4.69) is 27.5 Å². The van der Waals surface area contributed by atoms with Gasteiger partial charge in [-0.1, -0.05) is 37.5 Å². The molecule has 0 saturated heterocycles. The summed E-state index contributed by atoms with van der Waals surface area (Å²) in [6.07, 6.45) is 6.43. The van der Waals surface area contributed by atoms with Crippen molar-refractivity contribution in [2.75, 3.05) is 12.4 Å². The van der Waals surface area contributed by atoms with Crippen molar-refractivity contribution in [1.82, 2.24) is 4.90 Å². The number of benzene rings is 2. The lowest BCUT2D eigenvalue weighted by atomic mass is 9.95. The Labute approximate surface area is 155 Å². The molecule has 0 radical (unpaired) electrons. The third-order valence-electron chi connectivity index (χ3n) is 4.60. The number of nitrogens with zero attached hydrogens (tertiary/aromatic N) is 3. The lowest BCUT2D eigenvalue weighted by molar-refractivity contribution is 0.281. The summed E-state index contributed by atoms with van der Waals surface area (Å²) in [5.74, 6) is 0. The van der Waals surface area contributed by atoms with Gasteiger partial charge in [-0.3, -0.25) is 0 Å². The van der Waals surface area contributed by atoms with E-state index >= 15 is 0 Å². The van der Waals surface area contributed by atoms with Crippen LogP contribution in [-0.4, -0.2) is 23.1 Å². The van der Waals surface area contributed by atoms with Crippen LogP contribution in [0.3, 0.4) is 0 Å². The van der Waals surface area contributed by atoms with Crippen LogP contribution in [0.4, 0.5) is 17.1 Å². The van der Waals surface area contributed by atoms with Gasteiger partial charge in [0.1, 0.15) is 0 Å². The Bertz CT molecular complexity index is 706. The zero-order valence-electron chi connectivity index (χ0n) is 14.6. The molecular formula is C20H24N4S. The van der Waals surface area contributed by atoms with Crippen molar-refractivity contribution < 1.29 is 0 Å². The van der Waals surface area contributed by atoms with E-state index in [-0.39, 0.29) is 0 Å². The van der Waals surface area contributed by atoms with Gasteiger partial charge in [-0.25, -0.2) is 0 Å². The van der Waals surface area contributed by atoms with Gasteiger partial charge < -0.3 is 10.2 Å². The van der Waals surface area contributed by atoms with E-state index in [0.29, 0.717) is 6.04 Å². The second kappa shape index (κ2) is 8.72. The molecule has 3 rings (SSSR count). The van der Waals surface area contributed by atoms with Gasteiger partial charge in [0.25, 0.3) is 0 Å². The van der Waals surface area contributed by atoms with Gasteiger partial charge >= 0.3 is 0 Å². The predicted octanol–water partition coefficient (Wildman–Crippen LogP) is 6.06. The van der Waals surface area contributed by atoms with Gasteiger partial charge in [0.2, 0.25) is 0 Å².